The fourth-order valence-corrected chi connectivity index (χ4v) is 3.87. The van der Waals surface area contributed by atoms with Gasteiger partial charge in [-0.3, -0.25) is 4.79 Å². The lowest BCUT2D eigenvalue weighted by Gasteiger charge is -2.32. The third kappa shape index (κ3) is 3.13. The van der Waals surface area contributed by atoms with Gasteiger partial charge in [-0.2, -0.15) is 0 Å². The predicted molar refractivity (Wildman–Crippen MR) is 93.3 cm³/mol. The minimum atomic E-state index is 0.156. The summed E-state index contributed by atoms with van der Waals surface area (Å²) in [7, 11) is 1.63. The fourth-order valence-electron chi connectivity index (χ4n) is 3.87. The second kappa shape index (κ2) is 6.75. The molecule has 0 aliphatic carbocycles. The number of aromatic amines is 1. The number of fused-ring (bicyclic) bond motifs is 1. The Bertz CT molecular complexity index is 751. The molecule has 2 N–H and O–H groups in total. The lowest BCUT2D eigenvalue weighted by atomic mass is 9.98. The van der Waals surface area contributed by atoms with E-state index in [0.29, 0.717) is 6.04 Å². The number of ether oxygens (including phenoxy) is 1. The van der Waals surface area contributed by atoms with E-state index in [2.05, 4.69) is 11.9 Å². The van der Waals surface area contributed by atoms with Gasteiger partial charge in [0.2, 0.25) is 0 Å². The number of piperidine rings is 1. The average Bonchev–Trinajstić information content (AvgIpc) is 2.58. The normalized spacial score (nSPS) is 21.5. The third-order valence-corrected chi connectivity index (χ3v) is 5.29. The van der Waals surface area contributed by atoms with E-state index in [-0.39, 0.29) is 5.43 Å². The summed E-state index contributed by atoms with van der Waals surface area (Å²) >= 11 is 0. The summed E-state index contributed by atoms with van der Waals surface area (Å²) in [5.41, 5.74) is 2.97. The number of likely N-dealkylation sites (tertiary alicyclic amines) is 1. The Morgan fingerprint density at radius 3 is 2.91 bits per heavy atom. The van der Waals surface area contributed by atoms with Gasteiger partial charge in [0.25, 0.3) is 0 Å². The zero-order chi connectivity index (χ0) is 16.4. The van der Waals surface area contributed by atoms with Crippen molar-refractivity contribution in [2.45, 2.75) is 52.1 Å². The number of benzene rings is 1. The molecule has 1 aromatic carbocycles. The maximum absolute atomic E-state index is 13.0. The van der Waals surface area contributed by atoms with E-state index in [1.54, 1.807) is 12.0 Å². The quantitative estimate of drug-likeness (QED) is 0.908. The number of methoxy groups -OCH3 is 1. The number of aromatic nitrogens is 1. The van der Waals surface area contributed by atoms with Crippen molar-refractivity contribution in [1.82, 2.24) is 4.98 Å². The molecule has 1 aliphatic heterocycles. The predicted octanol–water partition coefficient (Wildman–Crippen LogP) is 2.19. The van der Waals surface area contributed by atoms with Crippen LogP contribution < -0.4 is 15.1 Å². The molecule has 0 radical (unpaired) electrons. The van der Waals surface area contributed by atoms with Crippen LogP contribution in [0.2, 0.25) is 0 Å². The number of hydrogen-bond donors (Lipinski definition) is 2. The number of nitrogens with one attached hydrogen (secondary N) is 2. The van der Waals surface area contributed by atoms with E-state index < -0.39 is 0 Å². The molecule has 124 valence electrons. The highest BCUT2D eigenvalue weighted by molar-refractivity contribution is 5.81. The van der Waals surface area contributed by atoms with Crippen molar-refractivity contribution >= 4 is 10.9 Å². The standard InChI is InChI=1S/C19H26N2O2/c1-4-14-7-5-6-10-21(14)12-17-13(2)20-18-9-8-15(23-3)11-16(18)19(17)22/h8-9,11,14H,4-7,10,12H2,1-3H3,(H,20,22)/p+1/t14-/m0/s1. The lowest BCUT2D eigenvalue weighted by molar-refractivity contribution is -0.944. The van der Waals surface area contributed by atoms with Crippen LogP contribution in [0, 0.1) is 6.92 Å². The highest BCUT2D eigenvalue weighted by Crippen LogP contribution is 2.18. The molecule has 4 nitrogen and oxygen atoms in total. The van der Waals surface area contributed by atoms with E-state index >= 15 is 0 Å². The van der Waals surface area contributed by atoms with Crippen molar-refractivity contribution < 1.29 is 9.64 Å². The topological polar surface area (TPSA) is 46.5 Å². The van der Waals surface area contributed by atoms with Gasteiger partial charge in [0.1, 0.15) is 12.3 Å². The maximum Gasteiger partial charge on any atom is 0.198 e. The van der Waals surface area contributed by atoms with Crippen LogP contribution in [-0.4, -0.2) is 24.7 Å². The molecule has 1 saturated heterocycles. The Morgan fingerprint density at radius 1 is 1.35 bits per heavy atom. The van der Waals surface area contributed by atoms with Gasteiger partial charge in [-0.25, -0.2) is 0 Å². The van der Waals surface area contributed by atoms with Crippen LogP contribution in [0.15, 0.2) is 23.0 Å². The summed E-state index contributed by atoms with van der Waals surface area (Å²) in [5, 5.41) is 0.731. The van der Waals surface area contributed by atoms with Crippen molar-refractivity contribution in [2.24, 2.45) is 0 Å². The Hall–Kier alpha value is -1.81. The van der Waals surface area contributed by atoms with Gasteiger partial charge < -0.3 is 14.6 Å². The van der Waals surface area contributed by atoms with Crippen molar-refractivity contribution in [1.29, 1.82) is 0 Å². The van der Waals surface area contributed by atoms with Crippen LogP contribution in [0.5, 0.6) is 5.75 Å². The number of H-pyrrole nitrogens is 1. The van der Waals surface area contributed by atoms with Gasteiger partial charge in [0.15, 0.2) is 5.43 Å². The second-order valence-electron chi connectivity index (χ2n) is 6.66. The summed E-state index contributed by atoms with van der Waals surface area (Å²) in [6, 6.07) is 6.35. The van der Waals surface area contributed by atoms with Crippen LogP contribution in [-0.2, 0) is 6.54 Å². The second-order valence-corrected chi connectivity index (χ2v) is 6.66. The molecule has 2 heterocycles. The van der Waals surface area contributed by atoms with Crippen molar-refractivity contribution in [2.75, 3.05) is 13.7 Å². The van der Waals surface area contributed by atoms with Crippen LogP contribution in [0.1, 0.15) is 43.9 Å². The number of rotatable bonds is 4. The highest BCUT2D eigenvalue weighted by atomic mass is 16.5. The van der Waals surface area contributed by atoms with Crippen LogP contribution in [0.25, 0.3) is 10.9 Å². The summed E-state index contributed by atoms with van der Waals surface area (Å²) in [6.07, 6.45) is 5.06. The first-order chi connectivity index (χ1) is 11.1. The summed E-state index contributed by atoms with van der Waals surface area (Å²) < 4.78 is 5.27. The molecule has 3 rings (SSSR count). The first-order valence-electron chi connectivity index (χ1n) is 8.68. The smallest absolute Gasteiger partial charge is 0.198 e. The number of quaternary nitrogens is 1. The SMILES string of the molecule is CC[C@H]1CCCC[NH+]1Cc1c(C)[nH]c2ccc(OC)cc2c1=O. The summed E-state index contributed by atoms with van der Waals surface area (Å²) in [4.78, 5) is 18.0. The minimum absolute atomic E-state index is 0.156. The zero-order valence-electron chi connectivity index (χ0n) is 14.4. The zero-order valence-corrected chi connectivity index (χ0v) is 14.4. The van der Waals surface area contributed by atoms with Crippen molar-refractivity contribution in [3.05, 3.63) is 39.7 Å². The molecule has 1 unspecified atom stereocenters. The molecule has 0 bridgehead atoms. The molecule has 4 heteroatoms. The van der Waals surface area contributed by atoms with Gasteiger partial charge in [0, 0.05) is 16.6 Å². The largest absolute Gasteiger partial charge is 0.497 e. The van der Waals surface area contributed by atoms with Crippen molar-refractivity contribution in [3.8, 4) is 5.75 Å². The summed E-state index contributed by atoms with van der Waals surface area (Å²) in [6.45, 7) is 6.28. The molecule has 0 spiro atoms. The summed E-state index contributed by atoms with van der Waals surface area (Å²) in [5.74, 6) is 0.731. The molecule has 1 fully saturated rings. The molecule has 2 atom stereocenters. The first-order valence-corrected chi connectivity index (χ1v) is 8.68. The van der Waals surface area contributed by atoms with E-state index in [0.717, 1.165) is 34.5 Å². The Morgan fingerprint density at radius 2 is 2.17 bits per heavy atom. The number of pyridine rings is 1. The van der Waals surface area contributed by atoms with Crippen molar-refractivity contribution in [3.63, 3.8) is 0 Å². The van der Waals surface area contributed by atoms with Gasteiger partial charge in [0.05, 0.1) is 25.3 Å². The van der Waals surface area contributed by atoms with E-state index in [4.69, 9.17) is 4.74 Å². The van der Waals surface area contributed by atoms with Crippen LogP contribution >= 0.6 is 0 Å². The molecule has 1 aliphatic rings. The lowest BCUT2D eigenvalue weighted by Crippen LogP contribution is -3.15. The van der Waals surface area contributed by atoms with Gasteiger partial charge in [-0.05, 0) is 50.8 Å². The van der Waals surface area contributed by atoms with Gasteiger partial charge in [-0.1, -0.05) is 6.92 Å². The Kier molecular flexibility index (Phi) is 4.71. The molecule has 0 saturated carbocycles. The number of hydrogen-bond acceptors (Lipinski definition) is 2. The maximum atomic E-state index is 13.0. The highest BCUT2D eigenvalue weighted by Gasteiger charge is 2.26. The van der Waals surface area contributed by atoms with E-state index in [9.17, 15) is 4.79 Å². The molecular weight excluding hydrogens is 288 g/mol. The number of aryl methyl sites for hydroxylation is 1. The molecule has 23 heavy (non-hydrogen) atoms. The average molecular weight is 315 g/mol. The molecule has 0 amide bonds. The molecule has 1 aromatic heterocycles. The van der Waals surface area contributed by atoms with E-state index in [1.165, 1.54) is 32.2 Å². The van der Waals surface area contributed by atoms with Gasteiger partial charge >= 0.3 is 0 Å². The molecule has 2 aromatic rings. The monoisotopic (exact) mass is 315 g/mol. The van der Waals surface area contributed by atoms with Crippen LogP contribution in [0.4, 0.5) is 0 Å². The van der Waals surface area contributed by atoms with Gasteiger partial charge in [-0.15, -0.1) is 0 Å². The molecular formula is C19H27N2O2+. The fraction of sp³-hybridized carbons (Fsp3) is 0.526. The third-order valence-electron chi connectivity index (χ3n) is 5.29. The van der Waals surface area contributed by atoms with Crippen LogP contribution in [0.3, 0.4) is 0 Å². The Balaban J connectivity index is 2.01. The first kappa shape index (κ1) is 16.1. The Labute approximate surface area is 137 Å². The minimum Gasteiger partial charge on any atom is -0.497 e. The van der Waals surface area contributed by atoms with E-state index in [1.807, 2.05) is 25.1 Å².